The number of unbranched alkanes of at least 4 members (excludes halogenated alkanes) is 12. The average molecular weight is 479 g/mol. The molecule has 3 heteroatoms. The van der Waals surface area contributed by atoms with Gasteiger partial charge in [-0.1, -0.05) is 115 Å². The smallest absolute Gasteiger partial charge is 0.336 e. The van der Waals surface area contributed by atoms with Crippen LogP contribution in [0.5, 0.6) is 5.75 Å². The Morgan fingerprint density at radius 2 is 1.37 bits per heavy atom. The lowest BCUT2D eigenvalue weighted by molar-refractivity contribution is 0.0697. The summed E-state index contributed by atoms with van der Waals surface area (Å²) in [5.41, 5.74) is 3.01. The highest BCUT2D eigenvalue weighted by atomic mass is 16.5. The van der Waals surface area contributed by atoms with Crippen molar-refractivity contribution in [2.24, 2.45) is 0 Å². The number of carboxylic acid groups (broad SMARTS) is 1. The number of ether oxygens (including phenoxy) is 1. The summed E-state index contributed by atoms with van der Waals surface area (Å²) in [5, 5.41) is 9.69. The molecule has 0 fully saturated rings. The van der Waals surface area contributed by atoms with Crippen molar-refractivity contribution >= 4 is 12.0 Å². The Balaban J connectivity index is 1.87. The lowest BCUT2D eigenvalue weighted by atomic mass is 9.97. The Morgan fingerprint density at radius 3 is 2.00 bits per heavy atom. The highest BCUT2D eigenvalue weighted by molar-refractivity contribution is 5.96. The number of hydrogen-bond donors (Lipinski definition) is 1. The Morgan fingerprint density at radius 1 is 0.771 bits per heavy atom. The first-order chi connectivity index (χ1) is 17.2. The number of carboxylic acids is 1. The van der Waals surface area contributed by atoms with Crippen molar-refractivity contribution in [1.29, 1.82) is 0 Å². The molecule has 0 aliphatic rings. The molecule has 2 rings (SSSR count). The molecular formula is C32H46O3. The molecule has 0 atom stereocenters. The minimum absolute atomic E-state index is 0.328. The zero-order chi connectivity index (χ0) is 25.1. The van der Waals surface area contributed by atoms with E-state index in [-0.39, 0.29) is 0 Å². The van der Waals surface area contributed by atoms with Crippen LogP contribution in [0.4, 0.5) is 0 Å². The number of benzene rings is 2. The van der Waals surface area contributed by atoms with Crippen molar-refractivity contribution in [2.45, 2.75) is 104 Å². The van der Waals surface area contributed by atoms with Crippen LogP contribution in [0.15, 0.2) is 48.5 Å². The van der Waals surface area contributed by atoms with Crippen LogP contribution in [-0.4, -0.2) is 17.7 Å². The summed E-state index contributed by atoms with van der Waals surface area (Å²) < 4.78 is 5.92. The van der Waals surface area contributed by atoms with Crippen LogP contribution in [0.1, 0.15) is 120 Å². The molecule has 0 aliphatic heterocycles. The molecule has 0 saturated heterocycles. The second-order valence-corrected chi connectivity index (χ2v) is 9.56. The van der Waals surface area contributed by atoms with Crippen LogP contribution < -0.4 is 4.74 Å². The molecule has 2 aromatic carbocycles. The van der Waals surface area contributed by atoms with Gasteiger partial charge in [-0.25, -0.2) is 4.79 Å². The first-order valence-corrected chi connectivity index (χ1v) is 13.9. The molecular weight excluding hydrogens is 432 g/mol. The molecule has 0 bridgehead atoms. The highest BCUT2D eigenvalue weighted by Crippen LogP contribution is 2.28. The molecule has 3 nitrogen and oxygen atoms in total. The number of aromatic carboxylic acids is 1. The fraction of sp³-hybridized carbons (Fsp3) is 0.531. The predicted octanol–water partition coefficient (Wildman–Crippen LogP) is 9.94. The molecule has 0 amide bonds. The minimum atomic E-state index is -0.901. The van der Waals surface area contributed by atoms with Gasteiger partial charge in [-0.3, -0.25) is 0 Å². The van der Waals surface area contributed by atoms with E-state index in [1.807, 2.05) is 36.4 Å². The molecule has 192 valence electrons. The molecule has 0 spiro atoms. The maximum Gasteiger partial charge on any atom is 0.336 e. The number of rotatable bonds is 19. The number of hydrogen-bond acceptors (Lipinski definition) is 2. The Kier molecular flexibility index (Phi) is 14.6. The van der Waals surface area contributed by atoms with Crippen LogP contribution in [-0.2, 0) is 0 Å². The van der Waals surface area contributed by atoms with Gasteiger partial charge in [0, 0.05) is 0 Å². The summed E-state index contributed by atoms with van der Waals surface area (Å²) in [5.74, 6) is -0.0610. The van der Waals surface area contributed by atoms with Crippen LogP contribution in [0.25, 0.3) is 17.2 Å². The van der Waals surface area contributed by atoms with Gasteiger partial charge in [0.25, 0.3) is 0 Å². The summed E-state index contributed by atoms with van der Waals surface area (Å²) in [6.45, 7) is 5.21. The van der Waals surface area contributed by atoms with E-state index in [1.54, 1.807) is 6.07 Å². The van der Waals surface area contributed by atoms with Crippen molar-refractivity contribution < 1.29 is 14.6 Å². The molecule has 0 radical (unpaired) electrons. The van der Waals surface area contributed by atoms with E-state index in [9.17, 15) is 9.90 Å². The van der Waals surface area contributed by atoms with E-state index < -0.39 is 5.97 Å². The zero-order valence-electron chi connectivity index (χ0n) is 22.1. The lowest BCUT2D eigenvalue weighted by Gasteiger charge is -2.10. The van der Waals surface area contributed by atoms with Crippen LogP contribution in [0.3, 0.4) is 0 Å². The van der Waals surface area contributed by atoms with E-state index in [2.05, 4.69) is 26.0 Å². The van der Waals surface area contributed by atoms with Gasteiger partial charge >= 0.3 is 5.97 Å². The van der Waals surface area contributed by atoms with Gasteiger partial charge in [0.1, 0.15) is 5.75 Å². The number of allylic oxidation sites excluding steroid dienone is 1. The first-order valence-electron chi connectivity index (χ1n) is 13.9. The van der Waals surface area contributed by atoms with Gasteiger partial charge in [0.15, 0.2) is 0 Å². The summed E-state index contributed by atoms with van der Waals surface area (Å²) in [7, 11) is 0. The largest absolute Gasteiger partial charge is 0.494 e. The van der Waals surface area contributed by atoms with Gasteiger partial charge in [-0.05, 0) is 60.2 Å². The van der Waals surface area contributed by atoms with E-state index in [4.69, 9.17) is 4.74 Å². The van der Waals surface area contributed by atoms with Crippen LogP contribution >= 0.6 is 0 Å². The monoisotopic (exact) mass is 478 g/mol. The second-order valence-electron chi connectivity index (χ2n) is 9.56. The Labute approximate surface area is 213 Å². The van der Waals surface area contributed by atoms with E-state index in [0.717, 1.165) is 41.9 Å². The fourth-order valence-electron chi connectivity index (χ4n) is 4.33. The molecule has 35 heavy (non-hydrogen) atoms. The summed E-state index contributed by atoms with van der Waals surface area (Å²) in [4.78, 5) is 11.8. The third kappa shape index (κ3) is 11.6. The summed E-state index contributed by atoms with van der Waals surface area (Å²) in [6, 6.07) is 13.4. The van der Waals surface area contributed by atoms with Gasteiger partial charge in [-0.15, -0.1) is 0 Å². The molecule has 0 unspecified atom stereocenters. The van der Waals surface area contributed by atoms with Gasteiger partial charge in [0.2, 0.25) is 0 Å². The van der Waals surface area contributed by atoms with Crippen molar-refractivity contribution in [1.82, 2.24) is 0 Å². The highest BCUT2D eigenvalue weighted by Gasteiger charge is 2.12. The first kappa shape index (κ1) is 28.7. The zero-order valence-corrected chi connectivity index (χ0v) is 22.1. The van der Waals surface area contributed by atoms with Crippen LogP contribution in [0, 0.1) is 0 Å². The summed E-state index contributed by atoms with van der Waals surface area (Å²) in [6.07, 6.45) is 22.0. The molecule has 0 saturated carbocycles. The van der Waals surface area contributed by atoms with E-state index in [1.165, 1.54) is 77.0 Å². The van der Waals surface area contributed by atoms with E-state index in [0.29, 0.717) is 5.56 Å². The van der Waals surface area contributed by atoms with Crippen LogP contribution in [0.2, 0.25) is 0 Å². The Bertz CT molecular complexity index is 867. The quantitative estimate of drug-likeness (QED) is 0.204. The molecule has 0 aromatic heterocycles. The SMILES string of the molecule is CCCCCCCC=Cc1ccc(C(=O)O)c(-c2ccc(OCCCCCCCCCC)cc2)c1. The third-order valence-electron chi connectivity index (χ3n) is 6.49. The molecule has 1 N–H and O–H groups in total. The maximum absolute atomic E-state index is 11.8. The van der Waals surface area contributed by atoms with Crippen molar-refractivity contribution in [2.75, 3.05) is 6.61 Å². The topological polar surface area (TPSA) is 46.5 Å². The maximum atomic E-state index is 11.8. The van der Waals surface area contributed by atoms with Crippen molar-refractivity contribution in [3.8, 4) is 16.9 Å². The molecule has 2 aromatic rings. The lowest BCUT2D eigenvalue weighted by Crippen LogP contribution is -2.00. The minimum Gasteiger partial charge on any atom is -0.494 e. The van der Waals surface area contributed by atoms with E-state index >= 15 is 0 Å². The average Bonchev–Trinajstić information content (AvgIpc) is 2.87. The van der Waals surface area contributed by atoms with Crippen molar-refractivity contribution in [3.05, 3.63) is 59.7 Å². The molecule has 0 heterocycles. The standard InChI is InChI=1S/C32H46O3/c1-3-5-7-9-11-13-15-17-25-35-29-22-20-28(21-23-29)31-26-27(19-24-30(31)32(33)34)18-16-14-12-10-8-6-4-2/h16,18-24,26H,3-15,17,25H2,1-2H3,(H,33,34). The normalized spacial score (nSPS) is 11.3. The molecule has 0 aliphatic carbocycles. The number of carbonyl (C=O) groups is 1. The Hall–Kier alpha value is -2.55. The van der Waals surface area contributed by atoms with Gasteiger partial charge < -0.3 is 9.84 Å². The fourth-order valence-corrected chi connectivity index (χ4v) is 4.33. The third-order valence-corrected chi connectivity index (χ3v) is 6.49. The summed E-state index contributed by atoms with van der Waals surface area (Å²) >= 11 is 0. The van der Waals surface area contributed by atoms with Gasteiger partial charge in [0.05, 0.1) is 12.2 Å². The van der Waals surface area contributed by atoms with Gasteiger partial charge in [-0.2, -0.15) is 0 Å². The van der Waals surface area contributed by atoms with Crippen molar-refractivity contribution in [3.63, 3.8) is 0 Å². The predicted molar refractivity (Wildman–Crippen MR) is 149 cm³/mol. The second kappa shape index (κ2) is 17.8.